The first-order chi connectivity index (χ1) is 6.88. The van der Waals surface area contributed by atoms with Gasteiger partial charge in [-0.25, -0.2) is 0 Å². The van der Waals surface area contributed by atoms with Crippen molar-refractivity contribution >= 4 is 24.1 Å². The molecule has 1 aromatic rings. The Morgan fingerprint density at radius 2 is 1.93 bits per heavy atom. The second-order valence-electron chi connectivity index (χ2n) is 3.81. The number of hydrogen-bond donors (Lipinski definition) is 1. The summed E-state index contributed by atoms with van der Waals surface area (Å²) in [5.74, 6) is 0. The van der Waals surface area contributed by atoms with Crippen LogP contribution >= 0.6 is 0 Å². The lowest BCUT2D eigenvalue weighted by atomic mass is 10.2. The molecule has 0 aliphatic heterocycles. The predicted octanol–water partition coefficient (Wildman–Crippen LogP) is 1.19. The Morgan fingerprint density at radius 3 is 2.33 bits per heavy atom. The van der Waals surface area contributed by atoms with Crippen LogP contribution in [0.5, 0.6) is 0 Å². The highest BCUT2D eigenvalue weighted by Crippen LogP contribution is 2.11. The van der Waals surface area contributed by atoms with Crippen LogP contribution in [0.15, 0.2) is 23.1 Å². The van der Waals surface area contributed by atoms with Crippen LogP contribution < -0.4 is 5.19 Å². The Hall–Kier alpha value is -0.653. The summed E-state index contributed by atoms with van der Waals surface area (Å²) in [6, 6.07) is 5.09. The van der Waals surface area contributed by atoms with E-state index in [1.165, 1.54) is 6.07 Å². The molecule has 0 spiro atoms. The monoisotopic (exact) mass is 244 g/mol. The molecule has 0 heterocycles. The molecule has 0 aliphatic rings. The molecule has 0 atom stereocenters. The molecule has 0 amide bonds. The Bertz CT molecular complexity index is 452. The quantitative estimate of drug-likeness (QED) is 0.642. The van der Waals surface area contributed by atoms with E-state index >= 15 is 0 Å². The summed E-state index contributed by atoms with van der Waals surface area (Å²) in [4.78, 5) is 0.100. The summed E-state index contributed by atoms with van der Waals surface area (Å²) in [6.45, 7) is 6.11. The first-order valence-electron chi connectivity index (χ1n) is 4.97. The predicted molar refractivity (Wildman–Crippen MR) is 64.1 cm³/mol. The molecule has 0 saturated heterocycles. The highest BCUT2D eigenvalue weighted by molar-refractivity contribution is 7.86. The van der Waals surface area contributed by atoms with E-state index in [2.05, 4.69) is 13.1 Å². The molecular weight excluding hydrogens is 228 g/mol. The fourth-order valence-corrected chi connectivity index (χ4v) is 5.30. The topological polar surface area (TPSA) is 54.4 Å². The number of benzene rings is 1. The van der Waals surface area contributed by atoms with Crippen LogP contribution in [0.25, 0.3) is 0 Å². The van der Waals surface area contributed by atoms with Crippen LogP contribution in [0, 0.1) is 0 Å². The second kappa shape index (κ2) is 4.47. The van der Waals surface area contributed by atoms with Crippen LogP contribution in [0.2, 0.25) is 13.1 Å². The first kappa shape index (κ1) is 12.4. The van der Waals surface area contributed by atoms with E-state index in [4.69, 9.17) is 4.55 Å². The van der Waals surface area contributed by atoms with Crippen molar-refractivity contribution in [2.75, 3.05) is 0 Å². The minimum absolute atomic E-state index is 0.100. The van der Waals surface area contributed by atoms with Gasteiger partial charge in [0.05, 0.1) is 13.7 Å². The van der Waals surface area contributed by atoms with E-state index < -0.39 is 18.9 Å². The fraction of sp³-hybridized carbons (Fsp3) is 0.400. The van der Waals surface area contributed by atoms with Gasteiger partial charge in [-0.3, -0.25) is 4.55 Å². The largest absolute Gasteiger partial charge is 0.294 e. The Morgan fingerprint density at radius 1 is 1.33 bits per heavy atom. The molecule has 0 aliphatic carbocycles. The molecule has 0 fully saturated rings. The maximum Gasteiger partial charge on any atom is 0.294 e. The Labute approximate surface area is 92.5 Å². The minimum atomic E-state index is -4.08. The SMILES string of the molecule is CCc1cccc(S(=O)(=O)O)c1[SiH](C)C. The standard InChI is InChI=1S/C10H16O3SSi/c1-4-8-6-5-7-9(14(11,12)13)10(8)15(2)3/h5-7,15H,4H2,1-3H3,(H,11,12,13). The van der Waals surface area contributed by atoms with Crippen molar-refractivity contribution in [3.63, 3.8) is 0 Å². The van der Waals surface area contributed by atoms with Gasteiger partial charge in [0.25, 0.3) is 10.1 Å². The van der Waals surface area contributed by atoms with Crippen molar-refractivity contribution in [2.24, 2.45) is 0 Å². The molecule has 5 heteroatoms. The molecule has 1 rings (SSSR count). The Kier molecular flexibility index (Phi) is 3.70. The first-order valence-corrected chi connectivity index (χ1v) is 9.29. The minimum Gasteiger partial charge on any atom is -0.282 e. The van der Waals surface area contributed by atoms with E-state index in [1.54, 1.807) is 6.07 Å². The lowest BCUT2D eigenvalue weighted by Gasteiger charge is -2.14. The van der Waals surface area contributed by atoms with Crippen molar-refractivity contribution in [1.29, 1.82) is 0 Å². The van der Waals surface area contributed by atoms with Crippen molar-refractivity contribution in [3.05, 3.63) is 23.8 Å². The average Bonchev–Trinajstić information content (AvgIpc) is 2.15. The van der Waals surface area contributed by atoms with Crippen LogP contribution in [0.1, 0.15) is 12.5 Å². The molecular formula is C10H16O3SSi. The zero-order chi connectivity index (χ0) is 11.6. The molecule has 0 saturated carbocycles. The summed E-state index contributed by atoms with van der Waals surface area (Å²) < 4.78 is 31.5. The van der Waals surface area contributed by atoms with Crippen LogP contribution in [-0.4, -0.2) is 21.8 Å². The van der Waals surface area contributed by atoms with Crippen molar-refractivity contribution in [3.8, 4) is 0 Å². The fourth-order valence-electron chi connectivity index (χ4n) is 1.78. The number of aryl methyl sites for hydroxylation is 1. The molecule has 84 valence electrons. The van der Waals surface area contributed by atoms with Gasteiger partial charge < -0.3 is 0 Å². The summed E-state index contributed by atoms with van der Waals surface area (Å²) in [6.07, 6.45) is 0.796. The highest BCUT2D eigenvalue weighted by atomic mass is 32.2. The van der Waals surface area contributed by atoms with Gasteiger partial charge in [0.2, 0.25) is 0 Å². The van der Waals surface area contributed by atoms with Gasteiger partial charge >= 0.3 is 0 Å². The molecule has 1 N–H and O–H groups in total. The van der Waals surface area contributed by atoms with E-state index in [0.29, 0.717) is 0 Å². The number of hydrogen-bond acceptors (Lipinski definition) is 2. The summed E-state index contributed by atoms with van der Waals surface area (Å²) in [5, 5.41) is 0.863. The molecule has 0 radical (unpaired) electrons. The van der Waals surface area contributed by atoms with Crippen LogP contribution in [0.3, 0.4) is 0 Å². The van der Waals surface area contributed by atoms with Crippen molar-refractivity contribution in [2.45, 2.75) is 31.3 Å². The zero-order valence-corrected chi connectivity index (χ0v) is 11.2. The molecule has 0 aromatic heterocycles. The highest BCUT2D eigenvalue weighted by Gasteiger charge is 2.19. The zero-order valence-electron chi connectivity index (χ0n) is 9.19. The molecule has 3 nitrogen and oxygen atoms in total. The summed E-state index contributed by atoms with van der Waals surface area (Å²) in [7, 11) is -5.34. The third-order valence-corrected chi connectivity index (χ3v) is 5.35. The van der Waals surface area contributed by atoms with Crippen LogP contribution in [0.4, 0.5) is 0 Å². The van der Waals surface area contributed by atoms with E-state index in [1.807, 2.05) is 13.0 Å². The Balaban J connectivity index is 3.53. The lowest BCUT2D eigenvalue weighted by Crippen LogP contribution is -2.32. The van der Waals surface area contributed by atoms with Crippen molar-refractivity contribution < 1.29 is 13.0 Å². The normalized spacial score (nSPS) is 12.1. The molecule has 0 unspecified atom stereocenters. The number of rotatable bonds is 3. The van der Waals surface area contributed by atoms with Crippen LogP contribution in [-0.2, 0) is 16.5 Å². The lowest BCUT2D eigenvalue weighted by molar-refractivity contribution is 0.483. The van der Waals surface area contributed by atoms with Gasteiger partial charge in [-0.05, 0) is 23.2 Å². The van der Waals surface area contributed by atoms with Gasteiger partial charge in [0.1, 0.15) is 0 Å². The van der Waals surface area contributed by atoms with Gasteiger partial charge in [-0.15, -0.1) is 0 Å². The average molecular weight is 244 g/mol. The second-order valence-corrected chi connectivity index (χ2v) is 8.09. The maximum absolute atomic E-state index is 11.2. The third kappa shape index (κ3) is 2.67. The molecule has 15 heavy (non-hydrogen) atoms. The van der Waals surface area contributed by atoms with E-state index in [0.717, 1.165) is 17.2 Å². The molecule has 1 aromatic carbocycles. The van der Waals surface area contributed by atoms with Gasteiger partial charge in [0, 0.05) is 0 Å². The molecule has 0 bridgehead atoms. The van der Waals surface area contributed by atoms with E-state index in [9.17, 15) is 8.42 Å². The summed E-state index contributed by atoms with van der Waals surface area (Å²) in [5.41, 5.74) is 1.03. The van der Waals surface area contributed by atoms with E-state index in [-0.39, 0.29) is 4.90 Å². The van der Waals surface area contributed by atoms with Gasteiger partial charge in [-0.2, -0.15) is 8.42 Å². The maximum atomic E-state index is 11.2. The van der Waals surface area contributed by atoms with Gasteiger partial charge in [-0.1, -0.05) is 32.2 Å². The third-order valence-electron chi connectivity index (χ3n) is 2.39. The van der Waals surface area contributed by atoms with Crippen molar-refractivity contribution in [1.82, 2.24) is 0 Å². The smallest absolute Gasteiger partial charge is 0.282 e. The van der Waals surface area contributed by atoms with Gasteiger partial charge in [0.15, 0.2) is 0 Å². The summed E-state index contributed by atoms with van der Waals surface area (Å²) >= 11 is 0.